The molecule has 5 nitrogen and oxygen atoms in total. The van der Waals surface area contributed by atoms with Gasteiger partial charge in [-0.2, -0.15) is 0 Å². The smallest absolute Gasteiger partial charge is 0.264 e. The lowest BCUT2D eigenvalue weighted by atomic mass is 10.2. The van der Waals surface area contributed by atoms with Crippen molar-refractivity contribution < 1.29 is 14.6 Å². The van der Waals surface area contributed by atoms with Crippen LogP contribution in [0.25, 0.3) is 6.08 Å². The second kappa shape index (κ2) is 8.79. The Morgan fingerprint density at radius 3 is 2.67 bits per heavy atom. The predicted octanol–water partition coefficient (Wildman–Crippen LogP) is 4.85. The standard InChI is InChI=1S/C20H19IN2O3S/c1-3-12-5-7-14(8-6-12)22-20-23-19(25)17(27-20)11-13-9-15(21)18(24)16(10-13)26-4-2/h5-11,24H,3-4H2,1-2H3,(H,22,23,25)/b17-11-. The minimum atomic E-state index is -0.190. The Labute approximate surface area is 176 Å². The fourth-order valence-corrected chi connectivity index (χ4v) is 3.97. The van der Waals surface area contributed by atoms with E-state index in [2.05, 4.69) is 17.2 Å². The lowest BCUT2D eigenvalue weighted by Gasteiger charge is -2.08. The quantitative estimate of drug-likeness (QED) is 0.461. The van der Waals surface area contributed by atoms with Gasteiger partial charge in [-0.25, -0.2) is 4.99 Å². The molecule has 0 aromatic heterocycles. The van der Waals surface area contributed by atoms with E-state index in [4.69, 9.17) is 4.74 Å². The number of amidine groups is 1. The summed E-state index contributed by atoms with van der Waals surface area (Å²) in [5.41, 5.74) is 2.83. The molecule has 0 unspecified atom stereocenters. The fraction of sp³-hybridized carbons (Fsp3) is 0.200. The zero-order valence-corrected chi connectivity index (χ0v) is 17.9. The first-order valence-corrected chi connectivity index (χ1v) is 10.4. The summed E-state index contributed by atoms with van der Waals surface area (Å²) in [6.07, 6.45) is 2.75. The molecular weight excluding hydrogens is 475 g/mol. The van der Waals surface area contributed by atoms with Crippen LogP contribution in [0.15, 0.2) is 46.3 Å². The highest BCUT2D eigenvalue weighted by Gasteiger charge is 2.24. The van der Waals surface area contributed by atoms with Gasteiger partial charge in [-0.1, -0.05) is 19.1 Å². The molecule has 27 heavy (non-hydrogen) atoms. The second-order valence-electron chi connectivity index (χ2n) is 5.78. The Kier molecular flexibility index (Phi) is 6.43. The maximum Gasteiger partial charge on any atom is 0.264 e. The molecule has 2 aromatic carbocycles. The van der Waals surface area contributed by atoms with Crippen LogP contribution in [0, 0.1) is 3.57 Å². The molecule has 0 bridgehead atoms. The first-order valence-electron chi connectivity index (χ1n) is 8.54. The fourth-order valence-electron chi connectivity index (χ4n) is 2.50. The number of nitrogens with one attached hydrogen (secondary N) is 1. The Balaban J connectivity index is 1.83. The minimum Gasteiger partial charge on any atom is -0.504 e. The van der Waals surface area contributed by atoms with Crippen molar-refractivity contribution in [2.24, 2.45) is 4.99 Å². The molecule has 0 radical (unpaired) electrons. The van der Waals surface area contributed by atoms with Crippen molar-refractivity contribution in [2.75, 3.05) is 6.61 Å². The van der Waals surface area contributed by atoms with Crippen molar-refractivity contribution in [3.63, 3.8) is 0 Å². The van der Waals surface area contributed by atoms with Gasteiger partial charge in [-0.05, 0) is 89.2 Å². The van der Waals surface area contributed by atoms with Crippen LogP contribution >= 0.6 is 34.4 Å². The van der Waals surface area contributed by atoms with Gasteiger partial charge in [-0.15, -0.1) is 0 Å². The summed E-state index contributed by atoms with van der Waals surface area (Å²) in [4.78, 5) is 17.3. The zero-order chi connectivity index (χ0) is 19.4. The first-order chi connectivity index (χ1) is 13.0. The molecule has 2 N–H and O–H groups in total. The molecule has 1 saturated heterocycles. The lowest BCUT2D eigenvalue weighted by molar-refractivity contribution is -0.115. The van der Waals surface area contributed by atoms with E-state index in [1.165, 1.54) is 17.3 Å². The number of hydrogen-bond acceptors (Lipinski definition) is 5. The number of amides is 1. The molecule has 1 aliphatic rings. The normalized spacial score (nSPS) is 16.8. The third kappa shape index (κ3) is 4.84. The molecule has 0 spiro atoms. The summed E-state index contributed by atoms with van der Waals surface area (Å²) in [5.74, 6) is 0.329. The minimum absolute atomic E-state index is 0.112. The van der Waals surface area contributed by atoms with Crippen molar-refractivity contribution in [2.45, 2.75) is 20.3 Å². The van der Waals surface area contributed by atoms with Crippen LogP contribution in [-0.2, 0) is 11.2 Å². The van der Waals surface area contributed by atoms with E-state index in [0.717, 1.165) is 17.7 Å². The van der Waals surface area contributed by atoms with Crippen LogP contribution < -0.4 is 10.1 Å². The van der Waals surface area contributed by atoms with Gasteiger partial charge in [0.05, 0.1) is 20.8 Å². The van der Waals surface area contributed by atoms with Crippen molar-refractivity contribution in [1.29, 1.82) is 0 Å². The van der Waals surface area contributed by atoms with E-state index in [0.29, 0.717) is 26.0 Å². The number of phenols is 1. The van der Waals surface area contributed by atoms with Gasteiger partial charge < -0.3 is 15.2 Å². The Bertz CT molecular complexity index is 924. The Morgan fingerprint density at radius 1 is 1.26 bits per heavy atom. The number of thioether (sulfide) groups is 1. The maximum absolute atomic E-state index is 12.3. The van der Waals surface area contributed by atoms with Gasteiger partial charge in [0.2, 0.25) is 0 Å². The number of aliphatic imine (C=N–C) groups is 1. The number of rotatable bonds is 5. The zero-order valence-electron chi connectivity index (χ0n) is 15.0. The van der Waals surface area contributed by atoms with Crippen LogP contribution in [0.5, 0.6) is 11.5 Å². The molecule has 1 amide bonds. The number of halogens is 1. The molecule has 1 aliphatic heterocycles. The van der Waals surface area contributed by atoms with E-state index in [9.17, 15) is 9.90 Å². The van der Waals surface area contributed by atoms with E-state index in [1.54, 1.807) is 18.2 Å². The van der Waals surface area contributed by atoms with Crippen LogP contribution in [-0.4, -0.2) is 22.8 Å². The summed E-state index contributed by atoms with van der Waals surface area (Å²) < 4.78 is 6.12. The number of carbonyl (C=O) groups is 1. The van der Waals surface area contributed by atoms with Gasteiger partial charge in [0.15, 0.2) is 16.7 Å². The van der Waals surface area contributed by atoms with E-state index >= 15 is 0 Å². The number of phenolic OH excluding ortho intramolecular Hbond substituents is 1. The molecule has 0 aliphatic carbocycles. The molecule has 7 heteroatoms. The number of aromatic hydroxyl groups is 1. The van der Waals surface area contributed by atoms with Crippen molar-refractivity contribution in [3.05, 3.63) is 56.0 Å². The van der Waals surface area contributed by atoms with Gasteiger partial charge in [-0.3, -0.25) is 4.79 Å². The number of hydrogen-bond donors (Lipinski definition) is 2. The molecule has 1 heterocycles. The molecule has 0 atom stereocenters. The average Bonchev–Trinajstić information content (AvgIpc) is 2.99. The summed E-state index contributed by atoms with van der Waals surface area (Å²) in [6.45, 7) is 4.41. The van der Waals surface area contributed by atoms with Gasteiger partial charge in [0.25, 0.3) is 5.91 Å². The summed E-state index contributed by atoms with van der Waals surface area (Å²) in [5, 5.41) is 13.4. The van der Waals surface area contributed by atoms with Crippen molar-refractivity contribution in [1.82, 2.24) is 5.32 Å². The lowest BCUT2D eigenvalue weighted by Crippen LogP contribution is -2.19. The van der Waals surface area contributed by atoms with Crippen molar-refractivity contribution in [3.8, 4) is 11.5 Å². The molecule has 140 valence electrons. The summed E-state index contributed by atoms with van der Waals surface area (Å²) >= 11 is 3.33. The third-order valence-electron chi connectivity index (χ3n) is 3.87. The van der Waals surface area contributed by atoms with Crippen LogP contribution in [0.3, 0.4) is 0 Å². The van der Waals surface area contributed by atoms with Gasteiger partial charge in [0, 0.05) is 0 Å². The summed E-state index contributed by atoms with van der Waals surface area (Å²) in [7, 11) is 0. The predicted molar refractivity (Wildman–Crippen MR) is 119 cm³/mol. The van der Waals surface area contributed by atoms with Gasteiger partial charge >= 0.3 is 0 Å². The number of benzene rings is 2. The number of ether oxygens (including phenoxy) is 1. The van der Waals surface area contributed by atoms with Crippen molar-refractivity contribution >= 4 is 57.2 Å². The Hall–Kier alpha value is -2.00. The third-order valence-corrected chi connectivity index (χ3v) is 5.61. The summed E-state index contributed by atoms with van der Waals surface area (Å²) in [6, 6.07) is 11.5. The van der Waals surface area contributed by atoms with Crippen LogP contribution in [0.2, 0.25) is 0 Å². The SMILES string of the molecule is CCOc1cc(/C=C2\SC(=Nc3ccc(CC)cc3)NC2=O)cc(I)c1O. The number of nitrogens with zero attached hydrogens (tertiary/aromatic N) is 1. The maximum atomic E-state index is 12.3. The van der Waals surface area contributed by atoms with Crippen LogP contribution in [0.1, 0.15) is 25.0 Å². The molecule has 0 saturated carbocycles. The Morgan fingerprint density at radius 2 is 2.00 bits per heavy atom. The average molecular weight is 494 g/mol. The largest absolute Gasteiger partial charge is 0.504 e. The van der Waals surface area contributed by atoms with Gasteiger partial charge in [0.1, 0.15) is 0 Å². The van der Waals surface area contributed by atoms with E-state index in [-0.39, 0.29) is 11.7 Å². The first kappa shape index (κ1) is 19.8. The molecular formula is C20H19IN2O3S. The molecule has 2 aromatic rings. The highest BCUT2D eigenvalue weighted by molar-refractivity contribution is 14.1. The van der Waals surface area contributed by atoms with E-state index in [1.807, 2.05) is 53.8 Å². The van der Waals surface area contributed by atoms with Crippen LogP contribution in [0.4, 0.5) is 5.69 Å². The molecule has 1 fully saturated rings. The number of carbonyl (C=O) groups excluding carboxylic acids is 1. The highest BCUT2D eigenvalue weighted by Crippen LogP contribution is 2.35. The number of aryl methyl sites for hydroxylation is 1. The topological polar surface area (TPSA) is 70.9 Å². The monoisotopic (exact) mass is 494 g/mol. The highest BCUT2D eigenvalue weighted by atomic mass is 127. The second-order valence-corrected chi connectivity index (χ2v) is 7.98. The van der Waals surface area contributed by atoms with E-state index < -0.39 is 0 Å². The molecule has 3 rings (SSSR count).